The van der Waals surface area contributed by atoms with E-state index in [1.54, 1.807) is 24.3 Å². The lowest BCUT2D eigenvalue weighted by Gasteiger charge is -2.19. The summed E-state index contributed by atoms with van der Waals surface area (Å²) in [6, 6.07) is 91.0. The molecule has 0 saturated carbocycles. The zero-order chi connectivity index (χ0) is 56.8. The lowest BCUT2D eigenvalue weighted by Crippen LogP contribution is -2.07. The van der Waals surface area contributed by atoms with Gasteiger partial charge in [-0.3, -0.25) is 0 Å². The average molecular weight is 1070 g/mol. The highest BCUT2D eigenvalue weighted by atomic mass is 15.1. The van der Waals surface area contributed by atoms with Crippen molar-refractivity contribution in [2.45, 2.75) is 0 Å². The fraction of sp³-hybridized carbons (Fsp3) is 0. The van der Waals surface area contributed by atoms with E-state index in [9.17, 15) is 26.3 Å². The fourth-order valence-electron chi connectivity index (χ4n) is 11.5. The molecular weight excluding hydrogens is 1030 g/mol. The molecule has 14 rings (SSSR count). The smallest absolute Gasteiger partial charge is 0.165 e. The molecule has 0 saturated heterocycles. The van der Waals surface area contributed by atoms with Crippen molar-refractivity contribution in [3.63, 3.8) is 0 Å². The molecule has 14 aromatic rings. The first-order valence-electron chi connectivity index (χ1n) is 27.0. The third-order valence-electron chi connectivity index (χ3n) is 15.5. The summed E-state index contributed by atoms with van der Waals surface area (Å²) in [5.41, 5.74) is 16.6. The van der Waals surface area contributed by atoms with Crippen LogP contribution in [0.25, 0.3) is 134 Å². The van der Waals surface area contributed by atoms with Gasteiger partial charge in [-0.2, -0.15) is 26.3 Å². The summed E-state index contributed by atoms with van der Waals surface area (Å²) in [5, 5.41) is 55.2. The van der Waals surface area contributed by atoms with Gasteiger partial charge in [0.05, 0.1) is 91.6 Å². The van der Waals surface area contributed by atoms with Gasteiger partial charge < -0.3 is 9.13 Å². The van der Waals surface area contributed by atoms with E-state index in [-0.39, 0.29) is 0 Å². The van der Waals surface area contributed by atoms with Gasteiger partial charge in [0.1, 0.15) is 0 Å². The summed E-state index contributed by atoms with van der Waals surface area (Å²) in [7, 11) is 0. The predicted molar refractivity (Wildman–Crippen MR) is 330 cm³/mol. The van der Waals surface area contributed by atoms with Gasteiger partial charge in [0.15, 0.2) is 17.5 Å². The van der Waals surface area contributed by atoms with Crippen LogP contribution in [0.5, 0.6) is 0 Å². The highest BCUT2D eigenvalue weighted by molar-refractivity contribution is 6.14. The Balaban J connectivity index is 1.11. The van der Waals surface area contributed by atoms with Gasteiger partial charge >= 0.3 is 0 Å². The highest BCUT2D eigenvalue weighted by Crippen LogP contribution is 2.44. The minimum absolute atomic E-state index is 0.308. The van der Waals surface area contributed by atoms with Crippen molar-refractivity contribution in [3.05, 3.63) is 270 Å². The Morgan fingerprint density at radius 1 is 0.250 bits per heavy atom. The Hall–Kier alpha value is -12.5. The molecule has 0 spiro atoms. The monoisotopic (exact) mass is 1070 g/mol. The molecule has 0 unspecified atom stereocenters. The molecule has 11 aromatic carbocycles. The molecule has 0 fully saturated rings. The van der Waals surface area contributed by atoms with Gasteiger partial charge in [0.2, 0.25) is 0 Å². The molecule has 0 N–H and O–H groups in total. The second kappa shape index (κ2) is 20.6. The molecule has 0 atom stereocenters. The van der Waals surface area contributed by atoms with Crippen LogP contribution in [0.3, 0.4) is 0 Å². The van der Waals surface area contributed by atoms with E-state index in [4.69, 9.17) is 15.0 Å². The molecule has 3 aromatic heterocycles. The highest BCUT2D eigenvalue weighted by Gasteiger charge is 2.26. The van der Waals surface area contributed by atoms with Crippen LogP contribution >= 0.6 is 0 Å². The van der Waals surface area contributed by atoms with E-state index < -0.39 is 0 Å². The zero-order valence-electron chi connectivity index (χ0n) is 44.6. The quantitative estimate of drug-likeness (QED) is 0.138. The third-order valence-corrected chi connectivity index (χ3v) is 15.5. The standard InChI is InChI=1S/C74H40N10/c75-41-46-11-7-19-52(31-46)56-23-27-66-62(35-56)63-36-57(53-20-8-12-47(32-53)42-76)24-28-67(63)83(66)70-39-60(45-79)61(74-81-72(50-15-3-1-4-16-50)80-73(82-74)51-17-5-2-6-18-51)40-71(70)84-68-29-25-58(54-21-9-13-48(33-54)43-77)37-64(68)65-38-59(26-30-69(65)84)55-22-10-14-49(34-55)44-78/h1-40H. The zero-order valence-corrected chi connectivity index (χ0v) is 44.6. The molecule has 10 nitrogen and oxygen atoms in total. The average Bonchev–Trinajstić information content (AvgIpc) is 2.04. The Labute approximate surface area is 482 Å². The van der Waals surface area contributed by atoms with Crippen LogP contribution in [0, 0.1) is 56.7 Å². The lowest BCUT2D eigenvalue weighted by atomic mass is 9.99. The van der Waals surface area contributed by atoms with Gasteiger partial charge in [0.25, 0.3) is 0 Å². The maximum Gasteiger partial charge on any atom is 0.165 e. The number of nitriles is 5. The van der Waals surface area contributed by atoms with Crippen LogP contribution in [-0.4, -0.2) is 24.1 Å². The molecule has 386 valence electrons. The number of benzene rings is 11. The fourth-order valence-corrected chi connectivity index (χ4v) is 11.5. The molecule has 84 heavy (non-hydrogen) atoms. The Morgan fingerprint density at radius 2 is 0.548 bits per heavy atom. The molecule has 0 radical (unpaired) electrons. The number of aromatic nitrogens is 5. The summed E-state index contributed by atoms with van der Waals surface area (Å²) < 4.78 is 4.46. The number of fused-ring (bicyclic) bond motifs is 6. The summed E-state index contributed by atoms with van der Waals surface area (Å²) in [6.45, 7) is 0. The van der Waals surface area contributed by atoms with Crippen molar-refractivity contribution < 1.29 is 0 Å². The Bertz CT molecular complexity index is 4980. The van der Waals surface area contributed by atoms with Gasteiger partial charge in [-0.25, -0.2) is 15.0 Å². The van der Waals surface area contributed by atoms with Crippen molar-refractivity contribution >= 4 is 43.6 Å². The number of nitrogens with zero attached hydrogens (tertiary/aromatic N) is 10. The van der Waals surface area contributed by atoms with Gasteiger partial charge in [-0.05, 0) is 154 Å². The number of hydrogen-bond acceptors (Lipinski definition) is 8. The van der Waals surface area contributed by atoms with Crippen LogP contribution in [0.1, 0.15) is 27.8 Å². The lowest BCUT2D eigenvalue weighted by molar-refractivity contribution is 1.06. The largest absolute Gasteiger partial charge is 0.307 e. The minimum Gasteiger partial charge on any atom is -0.307 e. The third kappa shape index (κ3) is 8.70. The van der Waals surface area contributed by atoms with E-state index in [0.29, 0.717) is 62.2 Å². The van der Waals surface area contributed by atoms with Crippen molar-refractivity contribution in [2.24, 2.45) is 0 Å². The topological polar surface area (TPSA) is 167 Å². The van der Waals surface area contributed by atoms with Crippen LogP contribution in [0.4, 0.5) is 0 Å². The van der Waals surface area contributed by atoms with Gasteiger partial charge in [-0.15, -0.1) is 0 Å². The molecule has 0 aliphatic rings. The normalized spacial score (nSPS) is 11.0. The van der Waals surface area contributed by atoms with Gasteiger partial charge in [0, 0.05) is 38.2 Å². The van der Waals surface area contributed by atoms with E-state index in [1.165, 1.54) is 0 Å². The summed E-state index contributed by atoms with van der Waals surface area (Å²) in [6.07, 6.45) is 0. The molecular formula is C74H40N10. The molecule has 3 heterocycles. The SMILES string of the molecule is N#Cc1cccc(-c2ccc3c(c2)c2cc(-c4cccc(C#N)c4)ccc2n3-c2cc(C#N)c(-c3nc(-c4ccccc4)nc(-c4ccccc4)n3)cc2-n2c3ccc(-c4cccc(C#N)c4)cc3c3cc(-c4cccc(C#N)c4)ccc32)c1. The van der Waals surface area contributed by atoms with Crippen molar-refractivity contribution in [1.29, 1.82) is 26.3 Å². The molecule has 0 aliphatic heterocycles. The first-order chi connectivity index (χ1) is 41.4. The van der Waals surface area contributed by atoms with Gasteiger partial charge in [-0.1, -0.05) is 133 Å². The van der Waals surface area contributed by atoms with Crippen molar-refractivity contribution in [3.8, 4) is 120 Å². The second-order valence-corrected chi connectivity index (χ2v) is 20.4. The van der Waals surface area contributed by atoms with E-state index >= 15 is 0 Å². The van der Waals surface area contributed by atoms with Crippen LogP contribution in [-0.2, 0) is 0 Å². The first kappa shape index (κ1) is 49.8. The Kier molecular flexibility index (Phi) is 12.2. The molecule has 0 aliphatic carbocycles. The van der Waals surface area contributed by atoms with E-state index in [1.807, 2.05) is 146 Å². The summed E-state index contributed by atoms with van der Waals surface area (Å²) in [4.78, 5) is 15.4. The molecule has 10 heteroatoms. The maximum absolute atomic E-state index is 11.6. The second-order valence-electron chi connectivity index (χ2n) is 20.4. The number of rotatable bonds is 9. The van der Waals surface area contributed by atoms with Crippen LogP contribution < -0.4 is 0 Å². The maximum atomic E-state index is 11.6. The predicted octanol–water partition coefficient (Wildman–Crippen LogP) is 17.1. The Morgan fingerprint density at radius 3 is 0.869 bits per heavy atom. The molecule has 0 bridgehead atoms. The summed E-state index contributed by atoms with van der Waals surface area (Å²) >= 11 is 0. The van der Waals surface area contributed by atoms with Crippen LogP contribution in [0.15, 0.2) is 243 Å². The minimum atomic E-state index is 0.308. The molecule has 0 amide bonds. The number of hydrogen-bond donors (Lipinski definition) is 0. The first-order valence-corrected chi connectivity index (χ1v) is 27.0. The summed E-state index contributed by atoms with van der Waals surface area (Å²) in [5.74, 6) is 1.20. The van der Waals surface area contributed by atoms with Crippen molar-refractivity contribution in [1.82, 2.24) is 24.1 Å². The van der Waals surface area contributed by atoms with E-state index in [2.05, 4.69) is 112 Å². The van der Waals surface area contributed by atoms with E-state index in [0.717, 1.165) is 99.2 Å². The van der Waals surface area contributed by atoms with Crippen LogP contribution in [0.2, 0.25) is 0 Å². The van der Waals surface area contributed by atoms with Crippen molar-refractivity contribution in [2.75, 3.05) is 0 Å².